The smallest absolute Gasteiger partial charge is 0.0723 e. The monoisotopic (exact) mass is 207 g/mol. The molecule has 0 radical (unpaired) electrons. The number of nitrogens with zero attached hydrogens (tertiary/aromatic N) is 3. The van der Waals surface area contributed by atoms with E-state index >= 15 is 0 Å². The predicted octanol–water partition coefficient (Wildman–Crippen LogP) is 2.31. The van der Waals surface area contributed by atoms with Crippen LogP contribution in [-0.4, -0.2) is 14.8 Å². The molecule has 2 aromatic rings. The summed E-state index contributed by atoms with van der Waals surface area (Å²) in [6.45, 7) is 1.95. The summed E-state index contributed by atoms with van der Waals surface area (Å²) in [4.78, 5) is 4.19. The number of hydrogen-bond acceptors (Lipinski definition) is 2. The molecule has 0 N–H and O–H groups in total. The summed E-state index contributed by atoms with van der Waals surface area (Å²) in [5.41, 5.74) is 2.95. The standard InChI is InChI=1S/C10H10ClN3/c1-8-5-10(9(6-11)7-12-8)14-4-2-3-13-14/h2-5,7H,6H2,1H3. The molecular weight excluding hydrogens is 198 g/mol. The van der Waals surface area contributed by atoms with E-state index in [-0.39, 0.29) is 0 Å². The summed E-state index contributed by atoms with van der Waals surface area (Å²) in [7, 11) is 0. The van der Waals surface area contributed by atoms with E-state index in [1.807, 2.05) is 25.3 Å². The van der Waals surface area contributed by atoms with Gasteiger partial charge in [-0.25, -0.2) is 4.68 Å². The molecule has 0 amide bonds. The number of pyridine rings is 1. The zero-order valence-electron chi connectivity index (χ0n) is 7.81. The van der Waals surface area contributed by atoms with Gasteiger partial charge < -0.3 is 0 Å². The maximum absolute atomic E-state index is 5.82. The van der Waals surface area contributed by atoms with Gasteiger partial charge >= 0.3 is 0 Å². The molecule has 3 nitrogen and oxygen atoms in total. The van der Waals surface area contributed by atoms with Crippen LogP contribution in [0.5, 0.6) is 0 Å². The fourth-order valence-electron chi connectivity index (χ4n) is 1.30. The van der Waals surface area contributed by atoms with Crippen LogP contribution < -0.4 is 0 Å². The fourth-order valence-corrected chi connectivity index (χ4v) is 1.51. The summed E-state index contributed by atoms with van der Waals surface area (Å²) in [5.74, 6) is 0.447. The van der Waals surface area contributed by atoms with Gasteiger partial charge in [0.1, 0.15) is 0 Å². The molecule has 2 rings (SSSR count). The zero-order chi connectivity index (χ0) is 9.97. The number of aryl methyl sites for hydroxylation is 1. The molecule has 0 unspecified atom stereocenters. The second-order valence-corrected chi connectivity index (χ2v) is 3.31. The van der Waals surface area contributed by atoms with Gasteiger partial charge in [0.25, 0.3) is 0 Å². The van der Waals surface area contributed by atoms with E-state index in [1.165, 1.54) is 0 Å². The van der Waals surface area contributed by atoms with Gasteiger partial charge in [-0.05, 0) is 19.1 Å². The summed E-state index contributed by atoms with van der Waals surface area (Å²) in [5, 5.41) is 4.17. The lowest BCUT2D eigenvalue weighted by atomic mass is 10.2. The lowest BCUT2D eigenvalue weighted by Gasteiger charge is -2.07. The molecule has 0 saturated heterocycles. The SMILES string of the molecule is Cc1cc(-n2cccn2)c(CCl)cn1. The Labute approximate surface area is 87.3 Å². The normalized spacial score (nSPS) is 10.4. The Morgan fingerprint density at radius 1 is 1.50 bits per heavy atom. The van der Waals surface area contributed by atoms with E-state index in [4.69, 9.17) is 11.6 Å². The fraction of sp³-hybridized carbons (Fsp3) is 0.200. The van der Waals surface area contributed by atoms with Gasteiger partial charge in [-0.15, -0.1) is 11.6 Å². The zero-order valence-corrected chi connectivity index (χ0v) is 8.57. The molecule has 0 atom stereocenters. The Hall–Kier alpha value is -1.35. The highest BCUT2D eigenvalue weighted by Crippen LogP contribution is 2.15. The highest BCUT2D eigenvalue weighted by molar-refractivity contribution is 6.17. The maximum atomic E-state index is 5.82. The minimum absolute atomic E-state index is 0.447. The Morgan fingerprint density at radius 3 is 3.00 bits per heavy atom. The minimum atomic E-state index is 0.447. The molecule has 0 saturated carbocycles. The van der Waals surface area contributed by atoms with E-state index in [0.29, 0.717) is 5.88 Å². The van der Waals surface area contributed by atoms with Crippen molar-refractivity contribution >= 4 is 11.6 Å². The van der Waals surface area contributed by atoms with Crippen molar-refractivity contribution in [2.45, 2.75) is 12.8 Å². The molecule has 4 heteroatoms. The van der Waals surface area contributed by atoms with Crippen molar-refractivity contribution in [1.82, 2.24) is 14.8 Å². The molecule has 0 bridgehead atoms. The van der Waals surface area contributed by atoms with E-state index in [9.17, 15) is 0 Å². The first-order valence-corrected chi connectivity index (χ1v) is 4.86. The summed E-state index contributed by atoms with van der Waals surface area (Å²) < 4.78 is 1.80. The Bertz CT molecular complexity index is 423. The van der Waals surface area contributed by atoms with Crippen LogP contribution in [-0.2, 0) is 5.88 Å². The average molecular weight is 208 g/mol. The number of hydrogen-bond donors (Lipinski definition) is 0. The van der Waals surface area contributed by atoms with Crippen molar-refractivity contribution in [2.24, 2.45) is 0 Å². The second-order valence-electron chi connectivity index (χ2n) is 3.04. The van der Waals surface area contributed by atoms with E-state index in [1.54, 1.807) is 17.1 Å². The van der Waals surface area contributed by atoms with E-state index < -0.39 is 0 Å². The van der Waals surface area contributed by atoms with Gasteiger partial charge in [0, 0.05) is 29.8 Å². The van der Waals surface area contributed by atoms with Crippen LogP contribution in [0.25, 0.3) is 5.69 Å². The van der Waals surface area contributed by atoms with E-state index in [0.717, 1.165) is 16.9 Å². The highest BCUT2D eigenvalue weighted by atomic mass is 35.5. The largest absolute Gasteiger partial charge is 0.261 e. The first-order valence-electron chi connectivity index (χ1n) is 4.33. The quantitative estimate of drug-likeness (QED) is 0.708. The summed E-state index contributed by atoms with van der Waals surface area (Å²) in [6, 6.07) is 3.86. The molecule has 0 aliphatic heterocycles. The average Bonchev–Trinajstić information content (AvgIpc) is 2.70. The third-order valence-electron chi connectivity index (χ3n) is 1.99. The van der Waals surface area contributed by atoms with E-state index in [2.05, 4.69) is 10.1 Å². The van der Waals surface area contributed by atoms with Gasteiger partial charge in [0.05, 0.1) is 11.6 Å². The minimum Gasteiger partial charge on any atom is -0.261 e. The van der Waals surface area contributed by atoms with Crippen LogP contribution in [0.1, 0.15) is 11.3 Å². The van der Waals surface area contributed by atoms with Gasteiger partial charge in [-0.3, -0.25) is 4.98 Å². The van der Waals surface area contributed by atoms with Gasteiger partial charge in [0.15, 0.2) is 0 Å². The number of rotatable bonds is 2. The van der Waals surface area contributed by atoms with Gasteiger partial charge in [0.2, 0.25) is 0 Å². The van der Waals surface area contributed by atoms with Crippen LogP contribution in [0.3, 0.4) is 0 Å². The highest BCUT2D eigenvalue weighted by Gasteiger charge is 2.04. The van der Waals surface area contributed by atoms with Crippen LogP contribution in [0.2, 0.25) is 0 Å². The first-order chi connectivity index (χ1) is 6.81. The molecule has 0 aliphatic carbocycles. The molecule has 2 heterocycles. The molecule has 2 aromatic heterocycles. The summed E-state index contributed by atoms with van der Waals surface area (Å²) >= 11 is 5.82. The lowest BCUT2D eigenvalue weighted by Crippen LogP contribution is -2.00. The van der Waals surface area contributed by atoms with Gasteiger partial charge in [-0.1, -0.05) is 0 Å². The Balaban J connectivity index is 2.55. The van der Waals surface area contributed by atoms with Gasteiger partial charge in [-0.2, -0.15) is 5.10 Å². The topological polar surface area (TPSA) is 30.7 Å². The van der Waals surface area contributed by atoms with Crippen molar-refractivity contribution in [3.05, 3.63) is 42.0 Å². The van der Waals surface area contributed by atoms with Crippen LogP contribution in [0.4, 0.5) is 0 Å². The second kappa shape index (κ2) is 3.80. The number of halogens is 1. The first kappa shape index (κ1) is 9.21. The van der Waals surface area contributed by atoms with Crippen LogP contribution in [0, 0.1) is 6.92 Å². The summed E-state index contributed by atoms with van der Waals surface area (Å²) in [6.07, 6.45) is 5.43. The third-order valence-corrected chi connectivity index (χ3v) is 2.28. The van der Waals surface area contributed by atoms with Crippen LogP contribution in [0.15, 0.2) is 30.7 Å². The Kier molecular flexibility index (Phi) is 2.50. The molecule has 0 fully saturated rings. The molecule has 0 spiro atoms. The molecule has 0 aromatic carbocycles. The van der Waals surface area contributed by atoms with Crippen molar-refractivity contribution in [3.63, 3.8) is 0 Å². The van der Waals surface area contributed by atoms with Crippen molar-refractivity contribution < 1.29 is 0 Å². The van der Waals surface area contributed by atoms with Crippen molar-refractivity contribution in [3.8, 4) is 5.69 Å². The van der Waals surface area contributed by atoms with Crippen molar-refractivity contribution in [1.29, 1.82) is 0 Å². The molecule has 14 heavy (non-hydrogen) atoms. The van der Waals surface area contributed by atoms with Crippen molar-refractivity contribution in [2.75, 3.05) is 0 Å². The molecular formula is C10H10ClN3. The number of aromatic nitrogens is 3. The molecule has 72 valence electrons. The predicted molar refractivity (Wildman–Crippen MR) is 55.7 cm³/mol. The van der Waals surface area contributed by atoms with Crippen LogP contribution >= 0.6 is 11.6 Å². The third kappa shape index (κ3) is 1.63. The lowest BCUT2D eigenvalue weighted by molar-refractivity contribution is 0.863. The number of alkyl halides is 1. The molecule has 0 aliphatic rings. The maximum Gasteiger partial charge on any atom is 0.0723 e. The Morgan fingerprint density at radius 2 is 2.36 bits per heavy atom.